The third-order valence-electron chi connectivity index (χ3n) is 3.19. The number of carboxylic acid groups (broad SMARTS) is 1. The van der Waals surface area contributed by atoms with Crippen LogP contribution in [-0.4, -0.2) is 59.0 Å². The predicted molar refractivity (Wildman–Crippen MR) is 79.2 cm³/mol. The molecular weight excluding hydrogens is 296 g/mol. The molecule has 2 unspecified atom stereocenters. The number of amides is 2. The maximum atomic E-state index is 12.1. The molecule has 3 atom stereocenters. The lowest BCUT2D eigenvalue weighted by atomic mass is 10.1. The summed E-state index contributed by atoms with van der Waals surface area (Å²) in [6, 6.07) is -0.975. The van der Waals surface area contributed by atoms with Crippen LogP contribution >= 0.6 is 12.6 Å². The van der Waals surface area contributed by atoms with Gasteiger partial charge in [-0.2, -0.15) is 12.6 Å². The van der Waals surface area contributed by atoms with Gasteiger partial charge in [-0.15, -0.1) is 6.58 Å². The fraction of sp³-hybridized carbons (Fsp3) is 0.615. The third-order valence-corrected chi connectivity index (χ3v) is 3.74. The van der Waals surface area contributed by atoms with E-state index in [1.165, 1.54) is 11.0 Å². The van der Waals surface area contributed by atoms with E-state index in [0.717, 1.165) is 0 Å². The fourth-order valence-corrected chi connectivity index (χ4v) is 2.23. The first-order valence-electron chi connectivity index (χ1n) is 6.60. The second-order valence-electron chi connectivity index (χ2n) is 4.86. The minimum absolute atomic E-state index is 0.0788. The lowest BCUT2D eigenvalue weighted by Crippen LogP contribution is -2.43. The first kappa shape index (κ1) is 17.4. The lowest BCUT2D eigenvalue weighted by molar-refractivity contribution is -0.149. The quantitative estimate of drug-likeness (QED) is 0.490. The Morgan fingerprint density at radius 2 is 2.24 bits per heavy atom. The Hall–Kier alpha value is -1.70. The van der Waals surface area contributed by atoms with E-state index in [2.05, 4.69) is 24.5 Å². The maximum absolute atomic E-state index is 12.1. The number of likely N-dealkylation sites (tertiary alicyclic amines) is 1. The molecule has 7 nitrogen and oxygen atoms in total. The van der Waals surface area contributed by atoms with E-state index in [0.29, 0.717) is 5.75 Å². The van der Waals surface area contributed by atoms with E-state index in [1.807, 2.05) is 0 Å². The first-order chi connectivity index (χ1) is 9.90. The Kier molecular flexibility index (Phi) is 6.54. The molecule has 0 bridgehead atoms. The van der Waals surface area contributed by atoms with Crippen LogP contribution in [0.2, 0.25) is 0 Å². The van der Waals surface area contributed by atoms with Crippen LogP contribution in [0.25, 0.3) is 0 Å². The van der Waals surface area contributed by atoms with Gasteiger partial charge in [-0.05, 0) is 0 Å². The van der Waals surface area contributed by atoms with Crippen LogP contribution in [0.4, 0.5) is 4.79 Å². The number of carbonyl (C=O) groups is 3. The molecule has 2 N–H and O–H groups in total. The summed E-state index contributed by atoms with van der Waals surface area (Å²) in [6.07, 6.45) is 0.301. The molecule has 0 aromatic carbocycles. The number of hydrogen-bond donors (Lipinski definition) is 3. The zero-order valence-corrected chi connectivity index (χ0v) is 12.7. The summed E-state index contributed by atoms with van der Waals surface area (Å²) in [5.74, 6) is -1.46. The van der Waals surface area contributed by atoms with Gasteiger partial charge in [0.2, 0.25) is 5.91 Å². The number of nitrogens with one attached hydrogen (secondary N) is 1. The highest BCUT2D eigenvalue weighted by atomic mass is 32.1. The van der Waals surface area contributed by atoms with Crippen LogP contribution in [0.3, 0.4) is 0 Å². The van der Waals surface area contributed by atoms with Crippen molar-refractivity contribution in [3.05, 3.63) is 12.7 Å². The molecule has 1 aliphatic heterocycles. The highest BCUT2D eigenvalue weighted by molar-refractivity contribution is 7.80. The summed E-state index contributed by atoms with van der Waals surface area (Å²) in [4.78, 5) is 36.1. The monoisotopic (exact) mass is 316 g/mol. The standard InChI is InChI=1S/C13H20N2O5S/c1-3-4-14-13(19)20-9-5-10(12(17)18)15(6-9)11(16)8(2)7-21/h3,8-10,21H,1,4-7H2,2H3,(H,14,19)(H,17,18)/t8?,9?,10-/m0/s1. The van der Waals surface area contributed by atoms with E-state index in [-0.39, 0.29) is 31.3 Å². The van der Waals surface area contributed by atoms with Crippen molar-refractivity contribution in [2.45, 2.75) is 25.5 Å². The van der Waals surface area contributed by atoms with Gasteiger partial charge in [0.25, 0.3) is 0 Å². The number of aliphatic carboxylic acids is 1. The molecule has 0 saturated carbocycles. The van der Waals surface area contributed by atoms with Crippen LogP contribution < -0.4 is 5.32 Å². The van der Waals surface area contributed by atoms with E-state index in [9.17, 15) is 19.5 Å². The highest BCUT2D eigenvalue weighted by Gasteiger charge is 2.42. The van der Waals surface area contributed by atoms with Gasteiger partial charge >= 0.3 is 12.1 Å². The molecule has 0 aromatic heterocycles. The van der Waals surface area contributed by atoms with Crippen molar-refractivity contribution in [2.24, 2.45) is 5.92 Å². The Labute approximate surface area is 128 Å². The van der Waals surface area contributed by atoms with Crippen molar-refractivity contribution in [1.29, 1.82) is 0 Å². The molecule has 1 heterocycles. The molecule has 1 saturated heterocycles. The molecule has 0 radical (unpaired) electrons. The number of hydrogen-bond acceptors (Lipinski definition) is 5. The zero-order valence-electron chi connectivity index (χ0n) is 11.8. The number of carbonyl (C=O) groups excluding carboxylic acids is 2. The van der Waals surface area contributed by atoms with Crippen molar-refractivity contribution >= 4 is 30.6 Å². The Morgan fingerprint density at radius 3 is 2.76 bits per heavy atom. The maximum Gasteiger partial charge on any atom is 0.407 e. The molecule has 0 aliphatic carbocycles. The molecule has 2 amide bonds. The van der Waals surface area contributed by atoms with Gasteiger partial charge in [0, 0.05) is 24.6 Å². The van der Waals surface area contributed by atoms with Crippen LogP contribution in [0.5, 0.6) is 0 Å². The smallest absolute Gasteiger partial charge is 0.407 e. The van der Waals surface area contributed by atoms with E-state index >= 15 is 0 Å². The van der Waals surface area contributed by atoms with E-state index < -0.39 is 24.2 Å². The van der Waals surface area contributed by atoms with Crippen LogP contribution in [0.15, 0.2) is 12.7 Å². The van der Waals surface area contributed by atoms with Crippen LogP contribution in [0, 0.1) is 5.92 Å². The molecule has 21 heavy (non-hydrogen) atoms. The molecule has 1 rings (SSSR count). The normalized spacial score (nSPS) is 22.5. The largest absolute Gasteiger partial charge is 0.480 e. The van der Waals surface area contributed by atoms with Gasteiger partial charge in [-0.1, -0.05) is 13.0 Å². The van der Waals surface area contributed by atoms with E-state index in [1.54, 1.807) is 6.92 Å². The second kappa shape index (κ2) is 7.92. The lowest BCUT2D eigenvalue weighted by Gasteiger charge is -2.23. The number of ether oxygens (including phenoxy) is 1. The van der Waals surface area contributed by atoms with Crippen LogP contribution in [0.1, 0.15) is 13.3 Å². The van der Waals surface area contributed by atoms with Gasteiger partial charge < -0.3 is 20.1 Å². The number of nitrogens with zero attached hydrogens (tertiary/aromatic N) is 1. The van der Waals surface area contributed by atoms with Gasteiger partial charge in [0.15, 0.2) is 0 Å². The van der Waals surface area contributed by atoms with E-state index in [4.69, 9.17) is 4.74 Å². The third kappa shape index (κ3) is 4.66. The van der Waals surface area contributed by atoms with Gasteiger partial charge in [-0.3, -0.25) is 4.79 Å². The number of carboxylic acids is 1. The summed E-state index contributed by atoms with van der Waals surface area (Å²) < 4.78 is 5.11. The van der Waals surface area contributed by atoms with Crippen molar-refractivity contribution in [3.8, 4) is 0 Å². The Morgan fingerprint density at radius 1 is 1.57 bits per heavy atom. The Balaban J connectivity index is 2.68. The fourth-order valence-electron chi connectivity index (χ4n) is 2.07. The van der Waals surface area contributed by atoms with Crippen molar-refractivity contribution in [3.63, 3.8) is 0 Å². The van der Waals surface area contributed by atoms with Gasteiger partial charge in [-0.25, -0.2) is 9.59 Å². The molecule has 118 valence electrons. The summed E-state index contributed by atoms with van der Waals surface area (Å²) in [5.41, 5.74) is 0. The van der Waals surface area contributed by atoms with Crippen molar-refractivity contribution in [1.82, 2.24) is 10.2 Å². The van der Waals surface area contributed by atoms with Gasteiger partial charge in [0.05, 0.1) is 6.54 Å². The summed E-state index contributed by atoms with van der Waals surface area (Å²) in [7, 11) is 0. The molecule has 8 heteroatoms. The van der Waals surface area contributed by atoms with Gasteiger partial charge in [0.1, 0.15) is 12.1 Å². The molecular formula is C13H20N2O5S. The number of alkyl carbamates (subject to hydrolysis) is 1. The summed E-state index contributed by atoms with van der Waals surface area (Å²) in [6.45, 7) is 5.47. The summed E-state index contributed by atoms with van der Waals surface area (Å²) in [5, 5.41) is 11.6. The zero-order chi connectivity index (χ0) is 16.0. The average Bonchev–Trinajstić information content (AvgIpc) is 2.87. The number of rotatable bonds is 6. The Bertz CT molecular complexity index is 429. The van der Waals surface area contributed by atoms with Crippen LogP contribution in [-0.2, 0) is 14.3 Å². The molecule has 0 spiro atoms. The molecule has 1 aliphatic rings. The minimum Gasteiger partial charge on any atom is -0.480 e. The SMILES string of the molecule is C=CCNC(=O)OC1C[C@@H](C(=O)O)N(C(=O)C(C)CS)C1. The minimum atomic E-state index is -1.10. The topological polar surface area (TPSA) is 95.9 Å². The van der Waals surface area contributed by atoms with Crippen molar-refractivity contribution < 1.29 is 24.2 Å². The second-order valence-corrected chi connectivity index (χ2v) is 5.23. The average molecular weight is 316 g/mol. The molecule has 1 fully saturated rings. The van der Waals surface area contributed by atoms with Crippen molar-refractivity contribution in [2.75, 3.05) is 18.8 Å². The number of thiol groups is 1. The predicted octanol–water partition coefficient (Wildman–Crippen LogP) is 0.519. The summed E-state index contributed by atoms with van der Waals surface area (Å²) >= 11 is 4.05. The molecule has 0 aromatic rings. The first-order valence-corrected chi connectivity index (χ1v) is 7.23. The highest BCUT2D eigenvalue weighted by Crippen LogP contribution is 2.23.